The van der Waals surface area contributed by atoms with Crippen LogP contribution in [0.15, 0.2) is 54.6 Å². The Labute approximate surface area is 135 Å². The Kier molecular flexibility index (Phi) is 5.88. The van der Waals surface area contributed by atoms with Gasteiger partial charge >= 0.3 is 5.97 Å². The predicted molar refractivity (Wildman–Crippen MR) is 89.3 cm³/mol. The Balaban J connectivity index is 2.42. The van der Waals surface area contributed by atoms with Gasteiger partial charge in [-0.3, -0.25) is 4.79 Å². The van der Waals surface area contributed by atoms with Crippen LogP contribution < -0.4 is 10.4 Å². The molecule has 0 aromatic heterocycles. The number of hydrogen-bond acceptors (Lipinski definition) is 4. The minimum Gasteiger partial charge on any atom is -0.462 e. The highest BCUT2D eigenvalue weighted by molar-refractivity contribution is 6.09. The lowest BCUT2D eigenvalue weighted by atomic mass is 10.1. The van der Waals surface area contributed by atoms with Crippen LogP contribution in [0.3, 0.4) is 0 Å². The number of hydrogen-bond donors (Lipinski definition) is 1. The van der Waals surface area contributed by atoms with Crippen LogP contribution in [0.5, 0.6) is 0 Å². The molecule has 0 radical (unpaired) electrons. The molecule has 0 aliphatic rings. The average Bonchev–Trinajstić information content (AvgIpc) is 2.60. The summed E-state index contributed by atoms with van der Waals surface area (Å²) < 4.78 is 5.08. The average molecular weight is 312 g/mol. The molecule has 0 heterocycles. The monoisotopic (exact) mass is 312 g/mol. The predicted octanol–water partition coefficient (Wildman–Crippen LogP) is 3.03. The van der Waals surface area contributed by atoms with Crippen molar-refractivity contribution in [2.45, 2.75) is 13.8 Å². The summed E-state index contributed by atoms with van der Waals surface area (Å²) in [6.07, 6.45) is 0. The minimum atomic E-state index is -0.452. The SMILES string of the molecule is CCNN(C(=O)c1ccccc1)c1ccccc1C(=O)OCC. The van der Waals surface area contributed by atoms with Crippen molar-refractivity contribution in [3.63, 3.8) is 0 Å². The summed E-state index contributed by atoms with van der Waals surface area (Å²) >= 11 is 0. The molecule has 0 bridgehead atoms. The zero-order valence-corrected chi connectivity index (χ0v) is 13.3. The molecular formula is C18H20N2O3. The summed E-state index contributed by atoms with van der Waals surface area (Å²) in [4.78, 5) is 24.9. The van der Waals surface area contributed by atoms with Gasteiger partial charge in [-0.05, 0) is 31.2 Å². The van der Waals surface area contributed by atoms with E-state index in [0.29, 0.717) is 23.4 Å². The molecule has 5 nitrogen and oxygen atoms in total. The Morgan fingerprint density at radius 3 is 2.30 bits per heavy atom. The van der Waals surface area contributed by atoms with Crippen molar-refractivity contribution in [3.8, 4) is 0 Å². The van der Waals surface area contributed by atoms with Crippen molar-refractivity contribution in [3.05, 3.63) is 65.7 Å². The van der Waals surface area contributed by atoms with Gasteiger partial charge in [0.15, 0.2) is 0 Å². The van der Waals surface area contributed by atoms with Crippen LogP contribution in [0.1, 0.15) is 34.6 Å². The second kappa shape index (κ2) is 8.10. The van der Waals surface area contributed by atoms with Gasteiger partial charge in [-0.2, -0.15) is 0 Å². The van der Waals surface area contributed by atoms with Gasteiger partial charge in [-0.15, -0.1) is 0 Å². The highest BCUT2D eigenvalue weighted by Gasteiger charge is 2.22. The maximum atomic E-state index is 12.8. The molecule has 0 fully saturated rings. The van der Waals surface area contributed by atoms with E-state index in [1.54, 1.807) is 55.5 Å². The lowest BCUT2D eigenvalue weighted by Gasteiger charge is -2.24. The smallest absolute Gasteiger partial charge is 0.340 e. The molecule has 0 saturated carbocycles. The van der Waals surface area contributed by atoms with Crippen molar-refractivity contribution >= 4 is 17.6 Å². The lowest BCUT2D eigenvalue weighted by Crippen LogP contribution is -2.43. The summed E-state index contributed by atoms with van der Waals surface area (Å²) in [6.45, 7) is 4.45. The van der Waals surface area contributed by atoms with Crippen LogP contribution in [0.4, 0.5) is 5.69 Å². The number of amides is 1. The number of carbonyl (C=O) groups is 2. The summed E-state index contributed by atoms with van der Waals surface area (Å²) in [7, 11) is 0. The fraction of sp³-hybridized carbons (Fsp3) is 0.222. The van der Waals surface area contributed by atoms with E-state index in [1.165, 1.54) is 5.01 Å². The molecule has 23 heavy (non-hydrogen) atoms. The Morgan fingerprint density at radius 2 is 1.65 bits per heavy atom. The number of nitrogens with zero attached hydrogens (tertiary/aromatic N) is 1. The molecule has 2 aromatic rings. The minimum absolute atomic E-state index is 0.232. The van der Waals surface area contributed by atoms with Gasteiger partial charge < -0.3 is 4.74 Å². The van der Waals surface area contributed by atoms with Crippen LogP contribution in [0.25, 0.3) is 0 Å². The molecule has 0 aliphatic carbocycles. The van der Waals surface area contributed by atoms with Gasteiger partial charge in [-0.25, -0.2) is 15.2 Å². The number of carbonyl (C=O) groups excluding carboxylic acids is 2. The Bertz CT molecular complexity index is 671. The summed E-state index contributed by atoms with van der Waals surface area (Å²) in [5, 5.41) is 1.39. The van der Waals surface area contributed by atoms with Crippen molar-refractivity contribution in [1.82, 2.24) is 5.43 Å². The zero-order chi connectivity index (χ0) is 16.7. The number of nitrogens with one attached hydrogen (secondary N) is 1. The Hall–Kier alpha value is -2.66. The third-order valence-electron chi connectivity index (χ3n) is 3.18. The number of para-hydroxylation sites is 1. The normalized spacial score (nSPS) is 10.2. The molecule has 0 saturated heterocycles. The molecule has 2 rings (SSSR count). The third kappa shape index (κ3) is 3.96. The van der Waals surface area contributed by atoms with E-state index in [2.05, 4.69) is 5.43 Å². The number of hydrazine groups is 1. The maximum Gasteiger partial charge on any atom is 0.340 e. The van der Waals surface area contributed by atoms with E-state index in [0.717, 1.165) is 0 Å². The molecular weight excluding hydrogens is 292 g/mol. The largest absolute Gasteiger partial charge is 0.462 e. The van der Waals surface area contributed by atoms with Crippen molar-refractivity contribution in [2.24, 2.45) is 0 Å². The fourth-order valence-electron chi connectivity index (χ4n) is 2.18. The van der Waals surface area contributed by atoms with E-state index in [9.17, 15) is 9.59 Å². The number of esters is 1. The van der Waals surface area contributed by atoms with Crippen LogP contribution in [0, 0.1) is 0 Å². The number of benzene rings is 2. The first-order valence-electron chi connectivity index (χ1n) is 7.58. The van der Waals surface area contributed by atoms with E-state index >= 15 is 0 Å². The van der Waals surface area contributed by atoms with Crippen LogP contribution in [-0.2, 0) is 4.74 Å². The Morgan fingerprint density at radius 1 is 1.00 bits per heavy atom. The molecule has 1 amide bonds. The van der Waals surface area contributed by atoms with Gasteiger partial charge in [-0.1, -0.05) is 37.3 Å². The number of ether oxygens (including phenoxy) is 1. The molecule has 5 heteroatoms. The quantitative estimate of drug-likeness (QED) is 0.658. The summed E-state index contributed by atoms with van der Waals surface area (Å²) in [6, 6.07) is 15.8. The van der Waals surface area contributed by atoms with E-state index < -0.39 is 5.97 Å². The molecule has 0 atom stereocenters. The van der Waals surface area contributed by atoms with E-state index in [-0.39, 0.29) is 12.5 Å². The standard InChI is InChI=1S/C18H20N2O3/c1-3-19-20(17(21)14-10-6-5-7-11-14)16-13-9-8-12-15(16)18(22)23-4-2/h5-13,19H,3-4H2,1-2H3. The summed E-state index contributed by atoms with van der Waals surface area (Å²) in [5.41, 5.74) is 4.37. The van der Waals surface area contributed by atoms with Crippen molar-refractivity contribution < 1.29 is 14.3 Å². The van der Waals surface area contributed by atoms with Crippen molar-refractivity contribution in [1.29, 1.82) is 0 Å². The first-order chi connectivity index (χ1) is 11.2. The number of rotatable bonds is 6. The zero-order valence-electron chi connectivity index (χ0n) is 13.3. The molecule has 1 N–H and O–H groups in total. The van der Waals surface area contributed by atoms with Gasteiger partial charge in [0.05, 0.1) is 17.9 Å². The number of anilines is 1. The van der Waals surface area contributed by atoms with Gasteiger partial charge in [0, 0.05) is 12.1 Å². The van der Waals surface area contributed by atoms with Crippen LogP contribution in [-0.4, -0.2) is 25.0 Å². The van der Waals surface area contributed by atoms with Crippen LogP contribution >= 0.6 is 0 Å². The molecule has 120 valence electrons. The molecule has 0 aliphatic heterocycles. The first kappa shape index (κ1) is 16.7. The second-order valence-electron chi connectivity index (χ2n) is 4.76. The second-order valence-corrected chi connectivity index (χ2v) is 4.76. The van der Waals surface area contributed by atoms with Crippen LogP contribution in [0.2, 0.25) is 0 Å². The van der Waals surface area contributed by atoms with E-state index in [4.69, 9.17) is 4.74 Å². The maximum absolute atomic E-state index is 12.8. The molecule has 2 aromatic carbocycles. The highest BCUT2D eigenvalue weighted by atomic mass is 16.5. The fourth-order valence-corrected chi connectivity index (χ4v) is 2.18. The topological polar surface area (TPSA) is 58.6 Å². The van der Waals surface area contributed by atoms with Gasteiger partial charge in [0.2, 0.25) is 0 Å². The third-order valence-corrected chi connectivity index (χ3v) is 3.18. The molecule has 0 spiro atoms. The van der Waals surface area contributed by atoms with Gasteiger partial charge in [0.25, 0.3) is 5.91 Å². The highest BCUT2D eigenvalue weighted by Crippen LogP contribution is 2.22. The van der Waals surface area contributed by atoms with Gasteiger partial charge in [0.1, 0.15) is 0 Å². The summed E-state index contributed by atoms with van der Waals surface area (Å²) in [5.74, 6) is -0.684. The lowest BCUT2D eigenvalue weighted by molar-refractivity contribution is 0.0527. The molecule has 0 unspecified atom stereocenters. The van der Waals surface area contributed by atoms with Crippen molar-refractivity contribution in [2.75, 3.05) is 18.2 Å². The van der Waals surface area contributed by atoms with E-state index in [1.807, 2.05) is 13.0 Å². The first-order valence-corrected chi connectivity index (χ1v) is 7.58.